The first-order valence-corrected chi connectivity index (χ1v) is 8.00. The van der Waals surface area contributed by atoms with E-state index in [1.165, 1.54) is 11.8 Å². The van der Waals surface area contributed by atoms with Gasteiger partial charge in [0.1, 0.15) is 5.75 Å². The molecule has 0 aliphatic carbocycles. The molecular weight excluding hydrogens is 312 g/mol. The molecule has 1 amide bonds. The number of nitrogens with zero attached hydrogens (tertiary/aromatic N) is 3. The number of carbonyl (C=O) groups excluding carboxylic acids is 1. The molecule has 0 aliphatic rings. The Labute approximate surface area is 139 Å². The molecular formula is C16H18N4O2S. The van der Waals surface area contributed by atoms with E-state index < -0.39 is 0 Å². The third-order valence-corrected chi connectivity index (χ3v) is 3.77. The fraction of sp³-hybridized carbons (Fsp3) is 0.250. The number of carbonyl (C=O) groups is 1. The van der Waals surface area contributed by atoms with Crippen LogP contribution in [-0.4, -0.2) is 32.4 Å². The second kappa shape index (κ2) is 7.73. The van der Waals surface area contributed by atoms with Crippen molar-refractivity contribution in [2.75, 3.05) is 5.75 Å². The fourth-order valence-electron chi connectivity index (χ4n) is 1.83. The van der Waals surface area contributed by atoms with Gasteiger partial charge in [0.15, 0.2) is 5.16 Å². The second-order valence-electron chi connectivity index (χ2n) is 5.00. The zero-order valence-corrected chi connectivity index (χ0v) is 14.0. The van der Waals surface area contributed by atoms with E-state index in [1.54, 1.807) is 31.2 Å². The van der Waals surface area contributed by atoms with Crippen LogP contribution in [0.4, 0.5) is 0 Å². The Morgan fingerprint density at radius 1 is 1.22 bits per heavy atom. The van der Waals surface area contributed by atoms with Crippen molar-refractivity contribution in [2.45, 2.75) is 25.9 Å². The number of hydrogen-bond donors (Lipinski definition) is 2. The van der Waals surface area contributed by atoms with Crippen LogP contribution < -0.4 is 5.43 Å². The normalized spacial score (nSPS) is 11.3. The van der Waals surface area contributed by atoms with Gasteiger partial charge in [-0.25, -0.2) is 15.4 Å². The number of aryl methyl sites for hydroxylation is 2. The quantitative estimate of drug-likeness (QED) is 0.380. The minimum atomic E-state index is -0.226. The van der Waals surface area contributed by atoms with Crippen molar-refractivity contribution in [3.8, 4) is 5.75 Å². The van der Waals surface area contributed by atoms with Crippen molar-refractivity contribution in [3.63, 3.8) is 0 Å². The van der Waals surface area contributed by atoms with Crippen LogP contribution in [-0.2, 0) is 4.79 Å². The first-order valence-electron chi connectivity index (χ1n) is 7.01. The van der Waals surface area contributed by atoms with Crippen LogP contribution in [0.2, 0.25) is 0 Å². The summed E-state index contributed by atoms with van der Waals surface area (Å²) in [5.41, 5.74) is 5.74. The van der Waals surface area contributed by atoms with Gasteiger partial charge in [-0.1, -0.05) is 11.8 Å². The minimum absolute atomic E-state index is 0.190. The molecule has 0 saturated heterocycles. The Bertz CT molecular complexity index is 709. The van der Waals surface area contributed by atoms with Crippen LogP contribution in [0.3, 0.4) is 0 Å². The molecule has 120 valence electrons. The van der Waals surface area contributed by atoms with Crippen molar-refractivity contribution in [2.24, 2.45) is 5.10 Å². The van der Waals surface area contributed by atoms with Gasteiger partial charge in [0, 0.05) is 11.4 Å². The number of phenolic OH excluding ortho intramolecular Hbond substituents is 1. The number of amides is 1. The summed E-state index contributed by atoms with van der Waals surface area (Å²) in [5.74, 6) is 0.154. The lowest BCUT2D eigenvalue weighted by Crippen LogP contribution is -2.21. The molecule has 0 aliphatic heterocycles. The smallest absolute Gasteiger partial charge is 0.250 e. The highest BCUT2D eigenvalue weighted by atomic mass is 32.2. The average molecular weight is 330 g/mol. The van der Waals surface area contributed by atoms with Crippen molar-refractivity contribution in [1.82, 2.24) is 15.4 Å². The zero-order chi connectivity index (χ0) is 16.8. The number of hydrazone groups is 1. The largest absolute Gasteiger partial charge is 0.508 e. The van der Waals surface area contributed by atoms with E-state index in [-0.39, 0.29) is 17.4 Å². The van der Waals surface area contributed by atoms with Crippen LogP contribution in [0, 0.1) is 13.8 Å². The zero-order valence-electron chi connectivity index (χ0n) is 13.2. The molecule has 2 aromatic rings. The van der Waals surface area contributed by atoms with Gasteiger partial charge in [0.05, 0.1) is 11.5 Å². The standard InChI is InChI=1S/C16H18N4O2S/c1-10-8-11(2)18-16(17-10)23-9-15(22)20-19-12(3)13-4-6-14(21)7-5-13/h4-8,21H,9H2,1-3H3,(H,20,22)/b19-12-. The number of phenols is 1. The molecule has 6 nitrogen and oxygen atoms in total. The van der Waals surface area contributed by atoms with Crippen molar-refractivity contribution < 1.29 is 9.90 Å². The summed E-state index contributed by atoms with van der Waals surface area (Å²) in [6.45, 7) is 5.57. The minimum Gasteiger partial charge on any atom is -0.508 e. The molecule has 7 heteroatoms. The lowest BCUT2D eigenvalue weighted by molar-refractivity contribution is -0.118. The number of aromatic hydroxyl groups is 1. The first-order chi connectivity index (χ1) is 10.9. The molecule has 0 bridgehead atoms. The summed E-state index contributed by atoms with van der Waals surface area (Å²) in [6.07, 6.45) is 0. The predicted octanol–water partition coefficient (Wildman–Crippen LogP) is 2.43. The van der Waals surface area contributed by atoms with Gasteiger partial charge in [-0.15, -0.1) is 0 Å². The SMILES string of the molecule is C/C(=N/NC(=O)CSc1nc(C)cc(C)n1)c1ccc(O)cc1. The van der Waals surface area contributed by atoms with Gasteiger partial charge in [-0.3, -0.25) is 4.79 Å². The highest BCUT2D eigenvalue weighted by Crippen LogP contribution is 2.13. The van der Waals surface area contributed by atoms with Crippen molar-refractivity contribution in [3.05, 3.63) is 47.3 Å². The predicted molar refractivity (Wildman–Crippen MR) is 90.7 cm³/mol. The molecule has 23 heavy (non-hydrogen) atoms. The summed E-state index contributed by atoms with van der Waals surface area (Å²) in [7, 11) is 0. The van der Waals surface area contributed by atoms with E-state index in [1.807, 2.05) is 19.9 Å². The average Bonchev–Trinajstić information content (AvgIpc) is 2.50. The van der Waals surface area contributed by atoms with Crippen molar-refractivity contribution >= 4 is 23.4 Å². The van der Waals surface area contributed by atoms with E-state index in [2.05, 4.69) is 20.5 Å². The summed E-state index contributed by atoms with van der Waals surface area (Å²) in [6, 6.07) is 8.50. The fourth-order valence-corrected chi connectivity index (χ4v) is 2.58. The molecule has 0 saturated carbocycles. The molecule has 2 N–H and O–H groups in total. The Morgan fingerprint density at radius 3 is 2.43 bits per heavy atom. The third-order valence-electron chi connectivity index (χ3n) is 2.93. The maximum atomic E-state index is 11.8. The molecule has 0 fully saturated rings. The van der Waals surface area contributed by atoms with Gasteiger partial charge in [-0.05, 0) is 56.7 Å². The van der Waals surface area contributed by atoms with Crippen molar-refractivity contribution in [1.29, 1.82) is 0 Å². The monoisotopic (exact) mass is 330 g/mol. The highest BCUT2D eigenvalue weighted by molar-refractivity contribution is 7.99. The van der Waals surface area contributed by atoms with Crippen LogP contribution in [0.1, 0.15) is 23.9 Å². The van der Waals surface area contributed by atoms with E-state index in [0.29, 0.717) is 10.9 Å². The van der Waals surface area contributed by atoms with Crippen LogP contribution in [0.25, 0.3) is 0 Å². The maximum absolute atomic E-state index is 11.8. The summed E-state index contributed by atoms with van der Waals surface area (Å²) < 4.78 is 0. The van der Waals surface area contributed by atoms with Crippen LogP contribution >= 0.6 is 11.8 Å². The van der Waals surface area contributed by atoms with Gasteiger partial charge >= 0.3 is 0 Å². The van der Waals surface area contributed by atoms with Gasteiger partial charge in [0.2, 0.25) is 0 Å². The molecule has 1 aromatic carbocycles. The van der Waals surface area contributed by atoms with Gasteiger partial charge in [-0.2, -0.15) is 5.10 Å². The summed E-state index contributed by atoms with van der Waals surface area (Å²) in [4.78, 5) is 20.4. The number of benzene rings is 1. The van der Waals surface area contributed by atoms with E-state index in [0.717, 1.165) is 17.0 Å². The molecule has 0 spiro atoms. The lowest BCUT2D eigenvalue weighted by atomic mass is 10.1. The molecule has 2 rings (SSSR count). The third kappa shape index (κ3) is 5.37. The summed E-state index contributed by atoms with van der Waals surface area (Å²) >= 11 is 1.27. The molecule has 1 aromatic heterocycles. The van der Waals surface area contributed by atoms with E-state index >= 15 is 0 Å². The molecule has 0 radical (unpaired) electrons. The first kappa shape index (κ1) is 17.0. The van der Waals surface area contributed by atoms with Crippen LogP contribution in [0.15, 0.2) is 40.6 Å². The number of hydrogen-bond acceptors (Lipinski definition) is 6. The lowest BCUT2D eigenvalue weighted by Gasteiger charge is -2.04. The van der Waals surface area contributed by atoms with Gasteiger partial charge < -0.3 is 5.11 Å². The topological polar surface area (TPSA) is 87.5 Å². The number of aromatic nitrogens is 2. The highest BCUT2D eigenvalue weighted by Gasteiger charge is 2.06. The van der Waals surface area contributed by atoms with Gasteiger partial charge in [0.25, 0.3) is 5.91 Å². The maximum Gasteiger partial charge on any atom is 0.250 e. The Morgan fingerprint density at radius 2 is 1.83 bits per heavy atom. The number of thioether (sulfide) groups is 1. The second-order valence-corrected chi connectivity index (χ2v) is 5.94. The van der Waals surface area contributed by atoms with Crippen LogP contribution in [0.5, 0.6) is 5.75 Å². The molecule has 0 unspecified atom stereocenters. The molecule has 1 heterocycles. The van der Waals surface area contributed by atoms with E-state index in [4.69, 9.17) is 0 Å². The van der Waals surface area contributed by atoms with E-state index in [9.17, 15) is 9.90 Å². The Hall–Kier alpha value is -2.41. The number of nitrogens with one attached hydrogen (secondary N) is 1. The summed E-state index contributed by atoms with van der Waals surface area (Å²) in [5, 5.41) is 13.9. The molecule has 0 atom stereocenters. The Balaban J connectivity index is 1.89. The number of rotatable bonds is 5. The Kier molecular flexibility index (Phi) is 5.70.